The van der Waals surface area contributed by atoms with Gasteiger partial charge in [0.2, 0.25) is 11.6 Å². The molecule has 192 valence electrons. The maximum atomic E-state index is 15.0. The molecule has 0 radical (unpaired) electrons. The first-order valence-electron chi connectivity index (χ1n) is 11.6. The molecule has 0 spiro atoms. The number of hydrogen-bond donors (Lipinski definition) is 1. The molecule has 0 amide bonds. The summed E-state index contributed by atoms with van der Waals surface area (Å²) in [7, 11) is 0. The number of ether oxygens (including phenoxy) is 2. The van der Waals surface area contributed by atoms with Gasteiger partial charge in [0, 0.05) is 16.7 Å². The molecular formula is C27H24F6O3. The van der Waals surface area contributed by atoms with Gasteiger partial charge >= 0.3 is 0 Å². The van der Waals surface area contributed by atoms with Crippen LogP contribution in [0.2, 0.25) is 0 Å². The van der Waals surface area contributed by atoms with E-state index < -0.39 is 51.8 Å². The van der Waals surface area contributed by atoms with Gasteiger partial charge in [0.25, 0.3) is 0 Å². The molecule has 3 aromatic carbocycles. The quantitative estimate of drug-likeness (QED) is 0.334. The molecule has 1 N–H and O–H groups in total. The summed E-state index contributed by atoms with van der Waals surface area (Å²) >= 11 is 0. The van der Waals surface area contributed by atoms with E-state index in [0.717, 1.165) is 12.1 Å². The van der Waals surface area contributed by atoms with Gasteiger partial charge in [0.05, 0.1) is 19.3 Å². The van der Waals surface area contributed by atoms with E-state index in [-0.39, 0.29) is 42.1 Å². The van der Waals surface area contributed by atoms with Crippen LogP contribution in [0.3, 0.4) is 0 Å². The molecule has 4 rings (SSSR count). The van der Waals surface area contributed by atoms with Gasteiger partial charge in [0.15, 0.2) is 34.8 Å². The van der Waals surface area contributed by atoms with Gasteiger partial charge in [-0.1, -0.05) is 12.1 Å². The topological polar surface area (TPSA) is 38.7 Å². The van der Waals surface area contributed by atoms with E-state index in [2.05, 4.69) is 0 Å². The summed E-state index contributed by atoms with van der Waals surface area (Å²) in [5.41, 5.74) is -0.702. The third-order valence-electron chi connectivity index (χ3n) is 6.48. The minimum Gasteiger partial charge on any atom is -0.505 e. The Morgan fingerprint density at radius 1 is 0.722 bits per heavy atom. The molecule has 3 nitrogen and oxygen atoms in total. The van der Waals surface area contributed by atoms with Crippen LogP contribution in [0, 0.1) is 34.9 Å². The zero-order valence-electron chi connectivity index (χ0n) is 19.4. The fourth-order valence-electron chi connectivity index (χ4n) is 4.53. The Bertz CT molecular complexity index is 1250. The number of hydrogen-bond acceptors (Lipinski definition) is 3. The van der Waals surface area contributed by atoms with E-state index in [4.69, 9.17) is 9.47 Å². The van der Waals surface area contributed by atoms with Gasteiger partial charge < -0.3 is 14.6 Å². The van der Waals surface area contributed by atoms with Gasteiger partial charge in [0.1, 0.15) is 0 Å². The van der Waals surface area contributed by atoms with Crippen LogP contribution >= 0.6 is 0 Å². The molecule has 3 aromatic rings. The fraction of sp³-hybridized carbons (Fsp3) is 0.333. The Morgan fingerprint density at radius 2 is 1.36 bits per heavy atom. The van der Waals surface area contributed by atoms with Crippen molar-refractivity contribution in [3.8, 4) is 22.6 Å². The minimum absolute atomic E-state index is 0.0333. The maximum Gasteiger partial charge on any atom is 0.201 e. The van der Waals surface area contributed by atoms with Crippen LogP contribution < -0.4 is 4.74 Å². The van der Waals surface area contributed by atoms with Crippen LogP contribution in [-0.2, 0) is 11.3 Å². The molecule has 0 saturated heterocycles. The van der Waals surface area contributed by atoms with E-state index in [9.17, 15) is 27.1 Å². The average Bonchev–Trinajstić information content (AvgIpc) is 2.88. The molecule has 0 atom stereocenters. The molecule has 1 aliphatic rings. The zero-order chi connectivity index (χ0) is 26.0. The molecule has 9 heteroatoms. The van der Waals surface area contributed by atoms with Crippen LogP contribution in [0.4, 0.5) is 26.3 Å². The van der Waals surface area contributed by atoms with Gasteiger partial charge in [-0.15, -0.1) is 0 Å². The lowest BCUT2D eigenvalue weighted by Gasteiger charge is -2.29. The number of rotatable bonds is 7. The van der Waals surface area contributed by atoms with Crippen molar-refractivity contribution in [2.24, 2.45) is 0 Å². The molecule has 0 unspecified atom stereocenters. The van der Waals surface area contributed by atoms with Crippen molar-refractivity contribution < 1.29 is 40.9 Å². The van der Waals surface area contributed by atoms with E-state index in [1.165, 1.54) is 24.3 Å². The second-order valence-electron chi connectivity index (χ2n) is 8.66. The average molecular weight is 510 g/mol. The molecule has 36 heavy (non-hydrogen) atoms. The first-order valence-corrected chi connectivity index (χ1v) is 11.6. The molecule has 1 saturated carbocycles. The number of phenols is 1. The van der Waals surface area contributed by atoms with Crippen molar-refractivity contribution in [3.05, 3.63) is 82.4 Å². The Labute approximate surface area is 204 Å². The molecule has 0 bridgehead atoms. The molecular weight excluding hydrogens is 486 g/mol. The zero-order valence-corrected chi connectivity index (χ0v) is 19.4. The standard InChI is InChI=1S/C27H24F6O3/c1-2-35-21-12-10-19(25(31)27(21)33)18-9-8-17(23(29)24(18)30)14-3-6-16(7-4-14)36-13-15-5-11-20(34)26(32)22(15)28/h5,8-12,14,16,34H,2-4,6-7,13H2,1H3. The summed E-state index contributed by atoms with van der Waals surface area (Å²) in [5, 5.41) is 9.21. The third kappa shape index (κ3) is 5.02. The van der Waals surface area contributed by atoms with E-state index in [0.29, 0.717) is 25.7 Å². The maximum absolute atomic E-state index is 15.0. The predicted octanol–water partition coefficient (Wildman–Crippen LogP) is 7.54. The molecule has 0 aromatic heterocycles. The van der Waals surface area contributed by atoms with Crippen molar-refractivity contribution in [2.45, 2.75) is 51.2 Å². The summed E-state index contributed by atoms with van der Waals surface area (Å²) in [5.74, 6) is -8.91. The highest BCUT2D eigenvalue weighted by Crippen LogP contribution is 2.39. The van der Waals surface area contributed by atoms with E-state index in [1.807, 2.05) is 0 Å². The summed E-state index contributed by atoms with van der Waals surface area (Å²) in [6, 6.07) is 7.20. The number of benzene rings is 3. The second kappa shape index (κ2) is 10.8. The van der Waals surface area contributed by atoms with Crippen LogP contribution in [0.15, 0.2) is 36.4 Å². The van der Waals surface area contributed by atoms with Gasteiger partial charge in [-0.05, 0) is 68.4 Å². The van der Waals surface area contributed by atoms with Crippen molar-refractivity contribution in [1.82, 2.24) is 0 Å². The van der Waals surface area contributed by atoms with Crippen molar-refractivity contribution in [2.75, 3.05) is 6.61 Å². The van der Waals surface area contributed by atoms with E-state index >= 15 is 4.39 Å². The lowest BCUT2D eigenvalue weighted by atomic mass is 9.82. The van der Waals surface area contributed by atoms with Crippen LogP contribution in [0.1, 0.15) is 49.7 Å². The van der Waals surface area contributed by atoms with Gasteiger partial charge in [-0.25, -0.2) is 17.6 Å². The Kier molecular flexibility index (Phi) is 7.78. The Morgan fingerprint density at radius 3 is 2.03 bits per heavy atom. The number of aromatic hydroxyl groups is 1. The van der Waals surface area contributed by atoms with Gasteiger partial charge in [-0.2, -0.15) is 8.78 Å². The summed E-state index contributed by atoms with van der Waals surface area (Å²) in [4.78, 5) is 0. The van der Waals surface area contributed by atoms with Gasteiger partial charge in [-0.3, -0.25) is 0 Å². The van der Waals surface area contributed by atoms with Crippen LogP contribution in [0.25, 0.3) is 11.1 Å². The lowest BCUT2D eigenvalue weighted by molar-refractivity contribution is 0.0116. The first-order chi connectivity index (χ1) is 17.2. The van der Waals surface area contributed by atoms with Crippen molar-refractivity contribution >= 4 is 0 Å². The second-order valence-corrected chi connectivity index (χ2v) is 8.66. The SMILES string of the molecule is CCOc1ccc(-c2ccc(C3CCC(OCc4ccc(O)c(F)c4F)CC3)c(F)c2F)c(F)c1F. The molecule has 0 aliphatic heterocycles. The largest absolute Gasteiger partial charge is 0.505 e. The highest BCUT2D eigenvalue weighted by atomic mass is 19.2. The molecule has 1 aliphatic carbocycles. The Hall–Kier alpha value is -3.20. The highest BCUT2D eigenvalue weighted by Gasteiger charge is 2.28. The minimum atomic E-state index is -1.34. The molecule has 0 heterocycles. The Balaban J connectivity index is 1.44. The lowest BCUT2D eigenvalue weighted by Crippen LogP contribution is -2.21. The van der Waals surface area contributed by atoms with Crippen molar-refractivity contribution in [1.29, 1.82) is 0 Å². The highest BCUT2D eigenvalue weighted by molar-refractivity contribution is 5.66. The van der Waals surface area contributed by atoms with E-state index in [1.54, 1.807) is 6.92 Å². The monoisotopic (exact) mass is 510 g/mol. The predicted molar refractivity (Wildman–Crippen MR) is 121 cm³/mol. The summed E-state index contributed by atoms with van der Waals surface area (Å²) in [6.45, 7) is 1.53. The van der Waals surface area contributed by atoms with Crippen molar-refractivity contribution in [3.63, 3.8) is 0 Å². The third-order valence-corrected chi connectivity index (χ3v) is 6.48. The number of halogens is 6. The first kappa shape index (κ1) is 25.9. The molecule has 1 fully saturated rings. The number of phenolic OH excluding ortho intramolecular Hbond substituents is 1. The fourth-order valence-corrected chi connectivity index (χ4v) is 4.53. The van der Waals surface area contributed by atoms with Crippen LogP contribution in [-0.4, -0.2) is 17.8 Å². The van der Waals surface area contributed by atoms with Crippen LogP contribution in [0.5, 0.6) is 11.5 Å². The summed E-state index contributed by atoms with van der Waals surface area (Å²) < 4.78 is 96.8. The normalized spacial score (nSPS) is 17.9. The summed E-state index contributed by atoms with van der Waals surface area (Å²) in [6.07, 6.45) is 1.59. The smallest absolute Gasteiger partial charge is 0.201 e.